The summed E-state index contributed by atoms with van der Waals surface area (Å²) < 4.78 is 6.00. The van der Waals surface area contributed by atoms with E-state index in [1.54, 1.807) is 0 Å². The molecule has 4 rings (SSSR count). The molecule has 0 aromatic heterocycles. The lowest BCUT2D eigenvalue weighted by atomic mass is 9.81. The van der Waals surface area contributed by atoms with Crippen LogP contribution in [0, 0.1) is 44.1 Å². The summed E-state index contributed by atoms with van der Waals surface area (Å²) in [7, 11) is -1.51. The number of benzene rings is 1. The van der Waals surface area contributed by atoms with E-state index in [-0.39, 0.29) is 35.6 Å². The summed E-state index contributed by atoms with van der Waals surface area (Å²) in [5.74, 6) is 1.96. The fourth-order valence-electron chi connectivity index (χ4n) is 4.91. The summed E-state index contributed by atoms with van der Waals surface area (Å²) >= 11 is 0. The predicted octanol–water partition coefficient (Wildman–Crippen LogP) is 3.67. The normalized spacial score (nSPS) is 31.6. The standard InChI is InChI=1S/C23H26O3Si/c1-12-9-13(2)17(14(3)10-12)19-21(24)18-16-11-15(7-8-27(4,5)6)23(26-16)20(18)22(19)25/h9-11,16,18-20,23H,1-6H3/t16-,18-,19?,20+,23+/m0/s1. The van der Waals surface area contributed by atoms with Crippen LogP contribution >= 0.6 is 0 Å². The third-order valence-corrected chi connectivity index (χ3v) is 6.73. The Labute approximate surface area is 162 Å². The van der Waals surface area contributed by atoms with Crippen LogP contribution in [0.15, 0.2) is 23.8 Å². The average molecular weight is 379 g/mol. The van der Waals surface area contributed by atoms with Gasteiger partial charge in [-0.1, -0.05) is 43.3 Å². The highest BCUT2D eigenvalue weighted by molar-refractivity contribution is 6.83. The van der Waals surface area contributed by atoms with E-state index in [0.29, 0.717) is 0 Å². The van der Waals surface area contributed by atoms with Gasteiger partial charge >= 0.3 is 0 Å². The van der Waals surface area contributed by atoms with Crippen LogP contribution in [0.3, 0.4) is 0 Å². The number of Topliss-reactive ketones (excluding diaryl/α,β-unsaturated/α-hetero) is 2. The fourth-order valence-corrected chi connectivity index (χ4v) is 5.43. The van der Waals surface area contributed by atoms with Gasteiger partial charge in [-0.15, -0.1) is 5.54 Å². The molecular formula is C23H26O3Si. The van der Waals surface area contributed by atoms with Gasteiger partial charge in [0.05, 0.1) is 17.9 Å². The molecule has 0 N–H and O–H groups in total. The van der Waals surface area contributed by atoms with E-state index in [2.05, 4.69) is 43.2 Å². The lowest BCUT2D eigenvalue weighted by molar-refractivity contribution is -0.127. The number of hydrogen-bond acceptors (Lipinski definition) is 3. The molecule has 2 fully saturated rings. The minimum Gasteiger partial charge on any atom is -0.364 e. The molecule has 2 bridgehead atoms. The molecule has 5 atom stereocenters. The lowest BCUT2D eigenvalue weighted by Crippen LogP contribution is -2.29. The molecule has 3 aliphatic rings. The number of rotatable bonds is 1. The van der Waals surface area contributed by atoms with Crippen molar-refractivity contribution < 1.29 is 14.3 Å². The van der Waals surface area contributed by atoms with Crippen molar-refractivity contribution in [1.29, 1.82) is 0 Å². The Morgan fingerprint density at radius 1 is 0.963 bits per heavy atom. The van der Waals surface area contributed by atoms with Crippen molar-refractivity contribution in [3.05, 3.63) is 46.0 Å². The van der Waals surface area contributed by atoms with Crippen LogP contribution in [0.2, 0.25) is 19.6 Å². The van der Waals surface area contributed by atoms with Crippen LogP contribution in [0.5, 0.6) is 0 Å². The summed E-state index contributed by atoms with van der Waals surface area (Å²) in [5, 5.41) is 0. The van der Waals surface area contributed by atoms with Crippen LogP contribution in [0.1, 0.15) is 28.2 Å². The molecule has 3 nitrogen and oxygen atoms in total. The molecule has 1 unspecified atom stereocenters. The Hall–Kier alpha value is -1.96. The van der Waals surface area contributed by atoms with E-state index in [1.807, 2.05) is 26.8 Å². The first kappa shape index (κ1) is 18.4. The molecule has 1 saturated heterocycles. The Kier molecular flexibility index (Phi) is 4.10. The van der Waals surface area contributed by atoms with Gasteiger partial charge in [0.25, 0.3) is 0 Å². The summed E-state index contributed by atoms with van der Waals surface area (Å²) in [6.07, 6.45) is 1.36. The number of hydrogen-bond donors (Lipinski definition) is 0. The monoisotopic (exact) mass is 378 g/mol. The van der Waals surface area contributed by atoms with Crippen LogP contribution < -0.4 is 0 Å². The lowest BCUT2D eigenvalue weighted by Gasteiger charge is -2.18. The Bertz CT molecular complexity index is 931. The Balaban J connectivity index is 1.71. The van der Waals surface area contributed by atoms with Gasteiger partial charge in [-0.2, -0.15) is 0 Å². The Morgan fingerprint density at radius 2 is 1.56 bits per heavy atom. The Morgan fingerprint density at radius 3 is 2.15 bits per heavy atom. The molecule has 140 valence electrons. The van der Waals surface area contributed by atoms with Gasteiger partial charge < -0.3 is 4.74 Å². The third-order valence-electron chi connectivity index (χ3n) is 5.86. The fraction of sp³-hybridized carbons (Fsp3) is 0.478. The van der Waals surface area contributed by atoms with Crippen molar-refractivity contribution in [2.45, 2.75) is 58.5 Å². The quantitative estimate of drug-likeness (QED) is 0.425. The van der Waals surface area contributed by atoms with E-state index in [0.717, 1.165) is 27.8 Å². The minimum absolute atomic E-state index is 0.0213. The van der Waals surface area contributed by atoms with Gasteiger partial charge in [-0.05, 0) is 43.5 Å². The average Bonchev–Trinajstić information content (AvgIpc) is 3.18. The maximum Gasteiger partial charge on any atom is 0.154 e. The number of carbonyl (C=O) groups is 2. The van der Waals surface area contributed by atoms with Crippen molar-refractivity contribution >= 4 is 19.6 Å². The number of ketones is 2. The molecule has 1 aromatic rings. The van der Waals surface area contributed by atoms with Gasteiger partial charge in [0.2, 0.25) is 0 Å². The second-order valence-corrected chi connectivity index (χ2v) is 14.0. The van der Waals surface area contributed by atoms with Crippen molar-refractivity contribution in [1.82, 2.24) is 0 Å². The van der Waals surface area contributed by atoms with Crippen molar-refractivity contribution in [2.75, 3.05) is 0 Å². The van der Waals surface area contributed by atoms with E-state index >= 15 is 0 Å². The van der Waals surface area contributed by atoms with Gasteiger partial charge in [-0.3, -0.25) is 9.59 Å². The zero-order valence-corrected chi connectivity index (χ0v) is 17.8. The van der Waals surface area contributed by atoms with E-state index < -0.39 is 14.0 Å². The molecule has 27 heavy (non-hydrogen) atoms. The van der Waals surface area contributed by atoms with Crippen LogP contribution in [0.4, 0.5) is 0 Å². The van der Waals surface area contributed by atoms with Crippen molar-refractivity contribution in [2.24, 2.45) is 11.8 Å². The molecule has 2 heterocycles. The molecule has 4 heteroatoms. The maximum absolute atomic E-state index is 13.4. The highest BCUT2D eigenvalue weighted by atomic mass is 28.3. The molecule has 0 spiro atoms. The molecule has 1 saturated carbocycles. The van der Waals surface area contributed by atoms with E-state index in [4.69, 9.17) is 4.74 Å². The minimum atomic E-state index is -1.51. The van der Waals surface area contributed by atoms with E-state index in [9.17, 15) is 9.59 Å². The molecule has 1 aliphatic carbocycles. The molecule has 1 aromatic carbocycles. The van der Waals surface area contributed by atoms with Crippen molar-refractivity contribution in [3.8, 4) is 11.5 Å². The molecule has 0 amide bonds. The molecule has 0 radical (unpaired) electrons. The zero-order valence-electron chi connectivity index (χ0n) is 16.8. The van der Waals surface area contributed by atoms with Crippen molar-refractivity contribution in [3.63, 3.8) is 0 Å². The first-order chi connectivity index (χ1) is 12.6. The second kappa shape index (κ2) is 6.02. The van der Waals surface area contributed by atoms with E-state index in [1.165, 1.54) is 0 Å². The highest BCUT2D eigenvalue weighted by Crippen LogP contribution is 2.52. The number of aryl methyl sites for hydroxylation is 3. The molecule has 2 aliphatic heterocycles. The zero-order chi connectivity index (χ0) is 19.7. The first-order valence-corrected chi connectivity index (χ1v) is 13.1. The van der Waals surface area contributed by atoms with Gasteiger partial charge in [-0.25, -0.2) is 0 Å². The largest absolute Gasteiger partial charge is 0.364 e. The van der Waals surface area contributed by atoms with Gasteiger partial charge in [0.1, 0.15) is 20.1 Å². The number of carbonyl (C=O) groups excluding carboxylic acids is 2. The van der Waals surface area contributed by atoms with Crippen LogP contribution in [-0.2, 0) is 14.3 Å². The first-order valence-electron chi connectivity index (χ1n) is 9.64. The topological polar surface area (TPSA) is 43.4 Å². The summed E-state index contributed by atoms with van der Waals surface area (Å²) in [6.45, 7) is 12.6. The number of fused-ring (bicyclic) bond motifs is 5. The summed E-state index contributed by atoms with van der Waals surface area (Å²) in [5.41, 5.74) is 8.38. The summed E-state index contributed by atoms with van der Waals surface area (Å²) in [6, 6.07) is 4.12. The van der Waals surface area contributed by atoms with Crippen LogP contribution in [-0.4, -0.2) is 31.8 Å². The second-order valence-electron chi connectivity index (χ2n) is 9.25. The van der Waals surface area contributed by atoms with Crippen LogP contribution in [0.25, 0.3) is 0 Å². The SMILES string of the molecule is Cc1cc(C)c(C2C(=O)[C@@H]3[C@H](C2=O)[C@@H]2O[C@H]3C=C2C#C[Si](C)(C)C)c(C)c1. The van der Waals surface area contributed by atoms with Gasteiger partial charge in [0, 0.05) is 5.57 Å². The smallest absolute Gasteiger partial charge is 0.154 e. The maximum atomic E-state index is 13.4. The highest BCUT2D eigenvalue weighted by Gasteiger charge is 2.63. The van der Waals surface area contributed by atoms with Gasteiger partial charge in [0.15, 0.2) is 11.6 Å². The summed E-state index contributed by atoms with van der Waals surface area (Å²) in [4.78, 5) is 26.6. The predicted molar refractivity (Wildman–Crippen MR) is 108 cm³/mol. The number of ether oxygens (including phenoxy) is 1. The third kappa shape index (κ3) is 2.85. The molecular weight excluding hydrogens is 352 g/mol.